The third-order valence-electron chi connectivity index (χ3n) is 3.90. The van der Waals surface area contributed by atoms with Gasteiger partial charge in [-0.3, -0.25) is 0 Å². The molecule has 0 radical (unpaired) electrons. The molecule has 5 nitrogen and oxygen atoms in total. The predicted octanol–water partition coefficient (Wildman–Crippen LogP) is 3.03. The van der Waals surface area contributed by atoms with Gasteiger partial charge in [0, 0.05) is 5.70 Å². The van der Waals surface area contributed by atoms with Crippen LogP contribution in [0.3, 0.4) is 0 Å². The number of hydrogen-bond acceptors (Lipinski definition) is 3. The minimum Gasteiger partial charge on any atom is -0.463 e. The van der Waals surface area contributed by atoms with E-state index in [1.165, 1.54) is 0 Å². The van der Waals surface area contributed by atoms with E-state index in [-0.39, 0.29) is 12.6 Å². The van der Waals surface area contributed by atoms with E-state index in [2.05, 4.69) is 10.6 Å². The maximum absolute atomic E-state index is 12.4. The van der Waals surface area contributed by atoms with Gasteiger partial charge in [0.2, 0.25) is 0 Å². The number of nitrogens with one attached hydrogen (secondary N) is 2. The summed E-state index contributed by atoms with van der Waals surface area (Å²) in [6.45, 7) is 3.75. The molecule has 0 bridgehead atoms. The number of hydrogen-bond donors (Lipinski definition) is 2. The van der Waals surface area contributed by atoms with Gasteiger partial charge in [0.15, 0.2) is 0 Å². The van der Waals surface area contributed by atoms with Gasteiger partial charge in [-0.1, -0.05) is 42.5 Å². The van der Waals surface area contributed by atoms with Crippen LogP contribution in [0.4, 0.5) is 4.79 Å². The first-order chi connectivity index (χ1) is 11.1. The Labute approximate surface area is 134 Å². The molecule has 1 heterocycles. The molecule has 2 aromatic carbocycles. The molecule has 0 aliphatic carbocycles. The fourth-order valence-corrected chi connectivity index (χ4v) is 2.91. The molecule has 0 saturated carbocycles. The Balaban J connectivity index is 2.16. The minimum atomic E-state index is -0.533. The summed E-state index contributed by atoms with van der Waals surface area (Å²) in [5.41, 5.74) is 1.83. The Kier molecular flexibility index (Phi) is 4.02. The van der Waals surface area contributed by atoms with Crippen LogP contribution < -0.4 is 10.6 Å². The van der Waals surface area contributed by atoms with Crippen molar-refractivity contribution in [1.29, 1.82) is 0 Å². The van der Waals surface area contributed by atoms with Crippen LogP contribution in [0, 0.1) is 0 Å². The zero-order chi connectivity index (χ0) is 16.4. The Morgan fingerprint density at radius 2 is 1.91 bits per heavy atom. The molecule has 3 rings (SSSR count). The molecule has 1 atom stereocenters. The van der Waals surface area contributed by atoms with Gasteiger partial charge in [0.25, 0.3) is 0 Å². The van der Waals surface area contributed by atoms with Crippen LogP contribution in [0.5, 0.6) is 0 Å². The largest absolute Gasteiger partial charge is 0.463 e. The molecule has 2 N–H and O–H groups in total. The highest BCUT2D eigenvalue weighted by atomic mass is 16.5. The van der Waals surface area contributed by atoms with Crippen molar-refractivity contribution in [3.63, 3.8) is 0 Å². The van der Waals surface area contributed by atoms with Crippen molar-refractivity contribution in [3.8, 4) is 0 Å². The molecule has 118 valence electrons. The number of rotatable bonds is 3. The van der Waals surface area contributed by atoms with Crippen molar-refractivity contribution in [2.45, 2.75) is 19.9 Å². The maximum Gasteiger partial charge on any atom is 0.338 e. The van der Waals surface area contributed by atoms with Crippen molar-refractivity contribution in [2.75, 3.05) is 6.61 Å². The summed E-state index contributed by atoms with van der Waals surface area (Å²) in [5.74, 6) is -0.421. The van der Waals surface area contributed by atoms with E-state index in [0.29, 0.717) is 11.3 Å². The number of urea groups is 1. The fourth-order valence-electron chi connectivity index (χ4n) is 2.91. The third-order valence-corrected chi connectivity index (χ3v) is 3.90. The lowest BCUT2D eigenvalue weighted by molar-refractivity contribution is -0.139. The van der Waals surface area contributed by atoms with Crippen LogP contribution in [-0.4, -0.2) is 18.6 Å². The molecule has 0 saturated heterocycles. The highest BCUT2D eigenvalue weighted by molar-refractivity contribution is 5.97. The standard InChI is InChI=1S/C18H18N2O3/c1-3-23-17(21)15-11(2)19-18(22)20-16(15)14-10-6-8-12-7-4-5-9-13(12)14/h4-10,16H,3H2,1-2H3,(H2,19,20,22). The van der Waals surface area contributed by atoms with Crippen molar-refractivity contribution >= 4 is 22.8 Å². The average Bonchev–Trinajstić information content (AvgIpc) is 2.53. The van der Waals surface area contributed by atoms with E-state index in [4.69, 9.17) is 4.74 Å². The van der Waals surface area contributed by atoms with E-state index in [1.807, 2.05) is 42.5 Å². The van der Waals surface area contributed by atoms with Gasteiger partial charge in [-0.05, 0) is 30.2 Å². The number of benzene rings is 2. The number of esters is 1. The van der Waals surface area contributed by atoms with Crippen molar-refractivity contribution in [1.82, 2.24) is 10.6 Å². The number of carbonyl (C=O) groups excluding carboxylic acids is 2. The summed E-state index contributed by atoms with van der Waals surface area (Å²) in [6.07, 6.45) is 0. The van der Waals surface area contributed by atoms with Crippen LogP contribution in [0.15, 0.2) is 53.7 Å². The second kappa shape index (κ2) is 6.12. The molecule has 5 heteroatoms. The number of fused-ring (bicyclic) bond motifs is 1. The summed E-state index contributed by atoms with van der Waals surface area (Å²) in [4.78, 5) is 24.3. The first kappa shape index (κ1) is 15.1. The van der Waals surface area contributed by atoms with Gasteiger partial charge in [-0.2, -0.15) is 0 Å². The highest BCUT2D eigenvalue weighted by Crippen LogP contribution is 2.32. The van der Waals surface area contributed by atoms with Gasteiger partial charge in [-0.15, -0.1) is 0 Å². The monoisotopic (exact) mass is 310 g/mol. The Morgan fingerprint density at radius 3 is 2.70 bits per heavy atom. The average molecular weight is 310 g/mol. The first-order valence-electron chi connectivity index (χ1n) is 7.55. The van der Waals surface area contributed by atoms with E-state index >= 15 is 0 Å². The molecular formula is C18H18N2O3. The fraction of sp³-hybridized carbons (Fsp3) is 0.222. The second-order valence-corrected chi connectivity index (χ2v) is 5.36. The summed E-state index contributed by atoms with van der Waals surface area (Å²) in [7, 11) is 0. The minimum absolute atomic E-state index is 0.284. The summed E-state index contributed by atoms with van der Waals surface area (Å²) in [5, 5.41) is 7.53. The molecule has 23 heavy (non-hydrogen) atoms. The zero-order valence-electron chi connectivity index (χ0n) is 13.1. The maximum atomic E-state index is 12.4. The van der Waals surface area contributed by atoms with Gasteiger partial charge in [0.05, 0.1) is 18.2 Å². The second-order valence-electron chi connectivity index (χ2n) is 5.36. The van der Waals surface area contributed by atoms with Crippen LogP contribution in [0.1, 0.15) is 25.5 Å². The predicted molar refractivity (Wildman–Crippen MR) is 87.7 cm³/mol. The Bertz CT molecular complexity index is 806. The zero-order valence-corrected chi connectivity index (χ0v) is 13.1. The molecule has 2 aromatic rings. The van der Waals surface area contributed by atoms with E-state index < -0.39 is 12.0 Å². The lowest BCUT2D eigenvalue weighted by Gasteiger charge is -2.28. The molecule has 0 fully saturated rings. The van der Waals surface area contributed by atoms with Crippen molar-refractivity contribution in [2.24, 2.45) is 0 Å². The summed E-state index contributed by atoms with van der Waals surface area (Å²) < 4.78 is 5.16. The number of carbonyl (C=O) groups is 2. The van der Waals surface area contributed by atoms with Crippen LogP contribution in [-0.2, 0) is 9.53 Å². The normalized spacial score (nSPS) is 17.7. The van der Waals surface area contributed by atoms with Gasteiger partial charge in [-0.25, -0.2) is 9.59 Å². The lowest BCUT2D eigenvalue weighted by Crippen LogP contribution is -2.45. The van der Waals surface area contributed by atoms with E-state index in [0.717, 1.165) is 16.3 Å². The number of amides is 2. The first-order valence-corrected chi connectivity index (χ1v) is 7.55. The topological polar surface area (TPSA) is 67.4 Å². The molecule has 1 unspecified atom stereocenters. The summed E-state index contributed by atoms with van der Waals surface area (Å²) in [6, 6.07) is 12.9. The third kappa shape index (κ3) is 2.77. The molecule has 0 aromatic heterocycles. The Hall–Kier alpha value is -2.82. The molecule has 0 spiro atoms. The van der Waals surface area contributed by atoms with E-state index in [9.17, 15) is 9.59 Å². The SMILES string of the molecule is CCOC(=O)C1=C(C)NC(=O)NC1c1cccc2ccccc12. The number of allylic oxidation sites excluding steroid dienone is 1. The van der Waals surface area contributed by atoms with Crippen LogP contribution in [0.2, 0.25) is 0 Å². The molecular weight excluding hydrogens is 292 g/mol. The van der Waals surface area contributed by atoms with Crippen LogP contribution in [0.25, 0.3) is 10.8 Å². The van der Waals surface area contributed by atoms with E-state index in [1.54, 1.807) is 13.8 Å². The smallest absolute Gasteiger partial charge is 0.338 e. The summed E-state index contributed by atoms with van der Waals surface area (Å²) >= 11 is 0. The van der Waals surface area contributed by atoms with Crippen molar-refractivity contribution < 1.29 is 14.3 Å². The quantitative estimate of drug-likeness (QED) is 0.856. The highest BCUT2D eigenvalue weighted by Gasteiger charge is 2.32. The van der Waals surface area contributed by atoms with Crippen LogP contribution >= 0.6 is 0 Å². The molecule has 1 aliphatic rings. The van der Waals surface area contributed by atoms with Gasteiger partial charge in [0.1, 0.15) is 0 Å². The van der Waals surface area contributed by atoms with Gasteiger partial charge >= 0.3 is 12.0 Å². The molecule has 2 amide bonds. The lowest BCUT2D eigenvalue weighted by atomic mass is 9.91. The number of ether oxygens (including phenoxy) is 1. The Morgan fingerprint density at radius 1 is 1.17 bits per heavy atom. The van der Waals surface area contributed by atoms with Crippen molar-refractivity contribution in [3.05, 3.63) is 59.3 Å². The van der Waals surface area contributed by atoms with Gasteiger partial charge < -0.3 is 15.4 Å². The molecule has 1 aliphatic heterocycles.